The van der Waals surface area contributed by atoms with Crippen LogP contribution in [0.3, 0.4) is 0 Å². The summed E-state index contributed by atoms with van der Waals surface area (Å²) in [5.74, 6) is 0.170. The summed E-state index contributed by atoms with van der Waals surface area (Å²) in [7, 11) is 1.37. The lowest BCUT2D eigenvalue weighted by Gasteiger charge is -2.06. The highest BCUT2D eigenvalue weighted by Gasteiger charge is 2.28. The molecule has 1 aliphatic carbocycles. The van der Waals surface area contributed by atoms with Crippen molar-refractivity contribution in [1.29, 1.82) is 0 Å². The number of esters is 1. The molecule has 4 aromatic rings. The number of methoxy groups -OCH3 is 1. The maximum absolute atomic E-state index is 12.9. The molecular weight excluding hydrogens is 442 g/mol. The third-order valence-electron chi connectivity index (χ3n) is 5.54. The fourth-order valence-electron chi connectivity index (χ4n) is 3.97. The molecule has 0 radical (unpaired) electrons. The minimum atomic E-state index is -0.393. The van der Waals surface area contributed by atoms with Gasteiger partial charge in [0.1, 0.15) is 17.4 Å². The van der Waals surface area contributed by atoms with Crippen LogP contribution < -0.4 is 10.1 Å². The Kier molecular flexibility index (Phi) is 5.68. The van der Waals surface area contributed by atoms with Gasteiger partial charge in [-0.3, -0.25) is 4.79 Å². The highest BCUT2D eigenvalue weighted by molar-refractivity contribution is 7.17. The summed E-state index contributed by atoms with van der Waals surface area (Å²) in [6.07, 6.45) is 2.82. The number of amides is 1. The molecule has 0 fully saturated rings. The lowest BCUT2D eigenvalue weighted by Crippen LogP contribution is -2.13. The number of carbonyl (C=O) groups excluding carboxylic acids is 2. The Balaban J connectivity index is 1.27. The average molecular weight is 464 g/mol. The maximum Gasteiger partial charge on any atom is 0.341 e. The van der Waals surface area contributed by atoms with E-state index in [1.807, 2.05) is 41.8 Å². The van der Waals surface area contributed by atoms with Crippen LogP contribution in [0.1, 0.15) is 42.5 Å². The average Bonchev–Trinajstić information content (AvgIpc) is 3.53. The first-order chi connectivity index (χ1) is 15.6. The first-order valence-corrected chi connectivity index (χ1v) is 12.0. The predicted molar refractivity (Wildman–Crippen MR) is 128 cm³/mol. The second kappa shape index (κ2) is 8.76. The molecule has 2 aromatic heterocycles. The molecule has 1 aliphatic rings. The maximum atomic E-state index is 12.9. The van der Waals surface area contributed by atoms with Gasteiger partial charge >= 0.3 is 5.97 Å². The van der Waals surface area contributed by atoms with Crippen molar-refractivity contribution in [1.82, 2.24) is 0 Å². The number of hydrogen-bond donors (Lipinski definition) is 1. The van der Waals surface area contributed by atoms with E-state index in [9.17, 15) is 9.59 Å². The van der Waals surface area contributed by atoms with Gasteiger partial charge in [0.05, 0.1) is 17.6 Å². The molecule has 0 aliphatic heterocycles. The summed E-state index contributed by atoms with van der Waals surface area (Å²) < 4.78 is 10.9. The first kappa shape index (κ1) is 20.7. The summed E-state index contributed by atoms with van der Waals surface area (Å²) in [6, 6.07) is 16.0. The van der Waals surface area contributed by atoms with Crippen LogP contribution in [0.2, 0.25) is 0 Å². The van der Waals surface area contributed by atoms with Gasteiger partial charge in [-0.2, -0.15) is 0 Å². The molecule has 2 heterocycles. The molecule has 2 aromatic carbocycles. The Morgan fingerprint density at radius 1 is 1.06 bits per heavy atom. The van der Waals surface area contributed by atoms with E-state index in [0.717, 1.165) is 46.4 Å². The fraction of sp³-hybridized carbons (Fsp3) is 0.200. The second-order valence-corrected chi connectivity index (χ2v) is 9.64. The number of ether oxygens (including phenoxy) is 2. The van der Waals surface area contributed by atoms with Gasteiger partial charge in [-0.1, -0.05) is 30.3 Å². The van der Waals surface area contributed by atoms with Crippen LogP contribution in [0.25, 0.3) is 10.8 Å². The van der Waals surface area contributed by atoms with Crippen molar-refractivity contribution in [3.8, 4) is 5.75 Å². The van der Waals surface area contributed by atoms with Gasteiger partial charge in [0.25, 0.3) is 5.91 Å². The summed E-state index contributed by atoms with van der Waals surface area (Å²) in [5.41, 5.74) is 2.46. The van der Waals surface area contributed by atoms with Gasteiger partial charge in [-0.05, 0) is 59.2 Å². The van der Waals surface area contributed by atoms with Crippen LogP contribution in [0.4, 0.5) is 5.00 Å². The highest BCUT2D eigenvalue weighted by atomic mass is 32.1. The smallest absolute Gasteiger partial charge is 0.341 e. The Bertz CT molecular complexity index is 1320. The van der Waals surface area contributed by atoms with Crippen molar-refractivity contribution < 1.29 is 19.1 Å². The number of thiophene rings is 2. The third kappa shape index (κ3) is 4.01. The first-order valence-electron chi connectivity index (χ1n) is 10.4. The number of hydrogen-bond acceptors (Lipinski definition) is 6. The van der Waals surface area contributed by atoms with Gasteiger partial charge < -0.3 is 14.8 Å². The number of carbonyl (C=O) groups is 2. The van der Waals surface area contributed by atoms with Gasteiger partial charge in [-0.15, -0.1) is 22.7 Å². The lowest BCUT2D eigenvalue weighted by molar-refractivity contribution is 0.0601. The molecular formula is C25H21NO4S2. The van der Waals surface area contributed by atoms with Gasteiger partial charge in [-0.25, -0.2) is 4.79 Å². The van der Waals surface area contributed by atoms with Crippen LogP contribution in [0.15, 0.2) is 53.9 Å². The monoisotopic (exact) mass is 463 g/mol. The normalized spacial score (nSPS) is 12.5. The third-order valence-corrected chi connectivity index (χ3v) is 7.73. The molecule has 5 nitrogen and oxygen atoms in total. The molecule has 0 saturated heterocycles. The Hall–Kier alpha value is -3.16. The molecule has 7 heteroatoms. The fourth-order valence-corrected chi connectivity index (χ4v) is 6.03. The molecule has 1 amide bonds. The number of fused-ring (bicyclic) bond motifs is 2. The van der Waals surface area contributed by atoms with Crippen molar-refractivity contribution in [3.05, 3.63) is 80.4 Å². The van der Waals surface area contributed by atoms with Crippen LogP contribution in [-0.2, 0) is 24.2 Å². The molecule has 0 bridgehead atoms. The number of rotatable bonds is 6. The van der Waals surface area contributed by atoms with E-state index in [1.54, 1.807) is 0 Å². The number of aryl methyl sites for hydroxylation is 1. The number of anilines is 1. The molecule has 5 rings (SSSR count). The standard InChI is InChI=1S/C25H21NO4S2/c1-29-25(28)22-19-7-4-8-20(19)32-24(22)26-23(27)21-11-15(14-31-21)13-30-18-10-9-16-5-2-3-6-17(16)12-18/h2-3,5-6,9-12,14H,4,7-8,13H2,1H3,(H,26,27). The Morgan fingerprint density at radius 3 is 2.75 bits per heavy atom. The van der Waals surface area contributed by atoms with E-state index in [1.165, 1.54) is 35.2 Å². The molecule has 0 saturated carbocycles. The van der Waals surface area contributed by atoms with E-state index in [-0.39, 0.29) is 5.91 Å². The summed E-state index contributed by atoms with van der Waals surface area (Å²) in [5, 5.41) is 7.72. The minimum absolute atomic E-state index is 0.225. The van der Waals surface area contributed by atoms with E-state index >= 15 is 0 Å². The molecule has 162 valence electrons. The predicted octanol–water partition coefficient (Wildman–Crippen LogP) is 6.07. The van der Waals surface area contributed by atoms with Crippen LogP contribution >= 0.6 is 22.7 Å². The van der Waals surface area contributed by atoms with E-state index < -0.39 is 5.97 Å². The molecule has 1 N–H and O–H groups in total. The second-order valence-electron chi connectivity index (χ2n) is 7.62. The largest absolute Gasteiger partial charge is 0.489 e. The number of nitrogens with one attached hydrogen (secondary N) is 1. The lowest BCUT2D eigenvalue weighted by atomic mass is 10.1. The van der Waals surface area contributed by atoms with Gasteiger partial charge in [0, 0.05) is 10.4 Å². The Labute approximate surface area is 193 Å². The van der Waals surface area contributed by atoms with E-state index in [4.69, 9.17) is 9.47 Å². The minimum Gasteiger partial charge on any atom is -0.489 e. The number of benzene rings is 2. The summed E-state index contributed by atoms with van der Waals surface area (Å²) in [6.45, 7) is 0.378. The van der Waals surface area contributed by atoms with Gasteiger partial charge in [0.15, 0.2) is 0 Å². The topological polar surface area (TPSA) is 64.6 Å². The molecule has 0 atom stereocenters. The zero-order valence-corrected chi connectivity index (χ0v) is 19.1. The summed E-state index contributed by atoms with van der Waals surface area (Å²) >= 11 is 2.84. The van der Waals surface area contributed by atoms with Crippen molar-refractivity contribution in [3.63, 3.8) is 0 Å². The van der Waals surface area contributed by atoms with Crippen LogP contribution in [0.5, 0.6) is 5.75 Å². The Morgan fingerprint density at radius 2 is 1.91 bits per heavy atom. The van der Waals surface area contributed by atoms with E-state index in [0.29, 0.717) is 22.0 Å². The van der Waals surface area contributed by atoms with Gasteiger partial charge in [0.2, 0.25) is 0 Å². The van der Waals surface area contributed by atoms with Crippen molar-refractivity contribution in [2.45, 2.75) is 25.9 Å². The molecule has 0 spiro atoms. The quantitative estimate of drug-likeness (QED) is 0.353. The van der Waals surface area contributed by atoms with Crippen LogP contribution in [0, 0.1) is 0 Å². The van der Waals surface area contributed by atoms with Crippen molar-refractivity contribution >= 4 is 50.3 Å². The molecule has 0 unspecified atom stereocenters. The zero-order valence-electron chi connectivity index (χ0n) is 17.5. The van der Waals surface area contributed by atoms with Crippen LogP contribution in [-0.4, -0.2) is 19.0 Å². The zero-order chi connectivity index (χ0) is 22.1. The molecule has 32 heavy (non-hydrogen) atoms. The SMILES string of the molecule is COC(=O)c1c(NC(=O)c2cc(COc3ccc4ccccc4c3)cs2)sc2c1CCC2. The van der Waals surface area contributed by atoms with E-state index in [2.05, 4.69) is 17.4 Å². The highest BCUT2D eigenvalue weighted by Crippen LogP contribution is 2.39. The van der Waals surface area contributed by atoms with Crippen molar-refractivity contribution in [2.75, 3.05) is 12.4 Å². The summed E-state index contributed by atoms with van der Waals surface area (Å²) in [4.78, 5) is 26.9. The van der Waals surface area contributed by atoms with Crippen molar-refractivity contribution in [2.24, 2.45) is 0 Å².